The molecule has 0 amide bonds. The molecule has 2 aliphatic rings. The van der Waals surface area contributed by atoms with Gasteiger partial charge < -0.3 is 66.0 Å². The Balaban J connectivity index is 1.60. The molecule has 67 heavy (non-hydrogen) atoms. The zero-order valence-electron chi connectivity index (χ0n) is 37.8. The first-order chi connectivity index (χ1) is 31.5. The Labute approximate surface area is 380 Å². The molecule has 2 unspecified atom stereocenters. The van der Waals surface area contributed by atoms with Gasteiger partial charge in [0.25, 0.3) is 0 Å². The fourth-order valence-electron chi connectivity index (χ4n) is 7.25. The number of rotatable bonds is 15. The predicted molar refractivity (Wildman–Crippen MR) is 220 cm³/mol. The van der Waals surface area contributed by atoms with E-state index in [1.807, 2.05) is 0 Å². The normalized spacial score (nSPS) is 24.5. The van der Waals surface area contributed by atoms with Crippen LogP contribution in [0.25, 0.3) is 22.3 Å². The molecule has 3 aromatic rings. The molecule has 10 atom stereocenters. The summed E-state index contributed by atoms with van der Waals surface area (Å²) < 4.78 is 79.7. The van der Waals surface area contributed by atoms with Crippen LogP contribution in [-0.4, -0.2) is 123 Å². The van der Waals surface area contributed by atoms with E-state index < -0.39 is 121 Å². The zero-order valence-corrected chi connectivity index (χ0v) is 37.8. The van der Waals surface area contributed by atoms with Crippen molar-refractivity contribution in [3.05, 3.63) is 46.6 Å². The van der Waals surface area contributed by atoms with Crippen LogP contribution in [0.15, 0.2) is 45.6 Å². The maximum absolute atomic E-state index is 13.7. The van der Waals surface area contributed by atoms with Crippen molar-refractivity contribution in [2.45, 2.75) is 124 Å². The van der Waals surface area contributed by atoms with E-state index >= 15 is 0 Å². The second-order valence-corrected chi connectivity index (χ2v) is 15.0. The Bertz CT molecular complexity index is 2460. The maximum Gasteiger partial charge on any atom is 0.308 e. The van der Waals surface area contributed by atoms with Gasteiger partial charge in [0.05, 0.1) is 19.8 Å². The number of benzene rings is 2. The molecule has 0 saturated carbocycles. The van der Waals surface area contributed by atoms with E-state index in [0.717, 1.165) is 60.6 Å². The van der Waals surface area contributed by atoms with Crippen LogP contribution >= 0.6 is 0 Å². The summed E-state index contributed by atoms with van der Waals surface area (Å²) in [5, 5.41) is -0.216. The first kappa shape index (κ1) is 50.9. The third-order valence-electron chi connectivity index (χ3n) is 9.53. The lowest BCUT2D eigenvalue weighted by Gasteiger charge is -2.46. The topological polar surface area (TPSA) is 287 Å². The number of fused-ring (bicyclic) bond motifs is 1. The van der Waals surface area contributed by atoms with Gasteiger partial charge >= 0.3 is 47.8 Å². The van der Waals surface area contributed by atoms with Crippen LogP contribution in [0.2, 0.25) is 0 Å². The van der Waals surface area contributed by atoms with Crippen molar-refractivity contribution in [1.29, 1.82) is 0 Å². The fourth-order valence-corrected chi connectivity index (χ4v) is 7.25. The highest BCUT2D eigenvalue weighted by Crippen LogP contribution is 2.38. The van der Waals surface area contributed by atoms with Crippen molar-refractivity contribution >= 4 is 58.7 Å². The van der Waals surface area contributed by atoms with E-state index in [4.69, 9.17) is 66.0 Å². The van der Waals surface area contributed by atoms with Gasteiger partial charge in [-0.05, 0) is 25.1 Å². The Morgan fingerprint density at radius 1 is 0.537 bits per heavy atom. The molecule has 2 fully saturated rings. The van der Waals surface area contributed by atoms with Gasteiger partial charge in [-0.3, -0.25) is 43.2 Å². The van der Waals surface area contributed by atoms with Gasteiger partial charge in [-0.15, -0.1) is 0 Å². The molecule has 2 aliphatic heterocycles. The molecule has 0 spiro atoms. The monoisotopic (exact) mass is 944 g/mol. The molecular formula is C44H48O23. The fraction of sp³-hybridized carbons (Fsp3) is 0.477. The molecule has 0 radical (unpaired) electrons. The molecule has 362 valence electrons. The van der Waals surface area contributed by atoms with Crippen molar-refractivity contribution in [3.63, 3.8) is 0 Å². The minimum Gasteiger partial charge on any atom is -0.493 e. The first-order valence-electron chi connectivity index (χ1n) is 20.3. The van der Waals surface area contributed by atoms with Crippen molar-refractivity contribution in [2.75, 3.05) is 13.7 Å². The van der Waals surface area contributed by atoms with E-state index in [0.29, 0.717) is 0 Å². The number of methoxy groups -OCH3 is 1. The smallest absolute Gasteiger partial charge is 0.308 e. The lowest BCUT2D eigenvalue weighted by atomic mass is 9.97. The Hall–Kier alpha value is -7.11. The quantitative estimate of drug-likeness (QED) is 0.120. The number of carbonyl (C=O) groups excluding carboxylic acids is 8. The average Bonchev–Trinajstić information content (AvgIpc) is 3.20. The second kappa shape index (κ2) is 21.9. The van der Waals surface area contributed by atoms with Crippen LogP contribution < -0.4 is 24.4 Å². The highest BCUT2D eigenvalue weighted by molar-refractivity contribution is 5.89. The number of esters is 8. The molecule has 23 heteroatoms. The van der Waals surface area contributed by atoms with E-state index in [1.165, 1.54) is 45.2 Å². The molecule has 0 aliphatic carbocycles. The molecule has 0 bridgehead atoms. The lowest BCUT2D eigenvalue weighted by molar-refractivity contribution is -0.323. The van der Waals surface area contributed by atoms with Crippen LogP contribution in [-0.2, 0) is 81.0 Å². The van der Waals surface area contributed by atoms with E-state index in [-0.39, 0.29) is 45.3 Å². The number of hydrogen-bond donors (Lipinski definition) is 0. The summed E-state index contributed by atoms with van der Waals surface area (Å²) in [6, 6.07) is 7.81. The average molecular weight is 945 g/mol. The van der Waals surface area contributed by atoms with Gasteiger partial charge in [-0.1, -0.05) is 0 Å². The Morgan fingerprint density at radius 2 is 1.04 bits per heavy atom. The van der Waals surface area contributed by atoms with Gasteiger partial charge in [0.1, 0.15) is 34.3 Å². The van der Waals surface area contributed by atoms with Gasteiger partial charge in [-0.25, -0.2) is 0 Å². The van der Waals surface area contributed by atoms with Gasteiger partial charge in [0, 0.05) is 79.2 Å². The van der Waals surface area contributed by atoms with Gasteiger partial charge in [0.2, 0.25) is 12.4 Å². The molecule has 5 rings (SSSR count). The van der Waals surface area contributed by atoms with E-state index in [9.17, 15) is 43.2 Å². The third kappa shape index (κ3) is 13.0. The highest BCUT2D eigenvalue weighted by atomic mass is 16.8. The molecular weight excluding hydrogens is 896 g/mol. The summed E-state index contributed by atoms with van der Waals surface area (Å²) in [4.78, 5) is 112. The van der Waals surface area contributed by atoms with Crippen molar-refractivity contribution in [1.82, 2.24) is 0 Å². The Morgan fingerprint density at radius 3 is 1.60 bits per heavy atom. The number of ether oxygens (including phenoxy) is 13. The Kier molecular flexibility index (Phi) is 16.6. The number of hydrogen-bond acceptors (Lipinski definition) is 23. The summed E-state index contributed by atoms with van der Waals surface area (Å²) in [6.07, 6.45) is -15.4. The summed E-state index contributed by atoms with van der Waals surface area (Å²) in [5.41, 5.74) is -0.656. The van der Waals surface area contributed by atoms with Crippen molar-refractivity contribution in [2.24, 2.45) is 0 Å². The third-order valence-corrected chi connectivity index (χ3v) is 9.53. The SMILES string of the molecule is COc1ccc(-c2cc(=O)c3c(OC(C)=O)cc(O[C@@H]4OC(CO[C@@H]5O[C@@H](C)[C@@H](OC(C)=O)[C@@H](OC(C)=O)[C@H]5OC(C)=O)[C@@H](OC(C)=O)C(OC(C)=O)[C@H]4OC(C)=O)cc3o2)cc1OC(C)=O. The largest absolute Gasteiger partial charge is 0.493 e. The van der Waals surface area contributed by atoms with Crippen molar-refractivity contribution < 1.29 is 104 Å². The zero-order chi connectivity index (χ0) is 49.4. The number of carbonyl (C=O) groups is 8. The van der Waals surface area contributed by atoms with E-state index in [1.54, 1.807) is 0 Å². The maximum atomic E-state index is 13.7. The lowest BCUT2D eigenvalue weighted by Crippen LogP contribution is -2.64. The minimum atomic E-state index is -1.82. The van der Waals surface area contributed by atoms with Crippen LogP contribution in [0, 0.1) is 0 Å². The summed E-state index contributed by atoms with van der Waals surface area (Å²) in [7, 11) is 1.36. The molecule has 2 aromatic carbocycles. The molecule has 3 heterocycles. The second-order valence-electron chi connectivity index (χ2n) is 15.0. The van der Waals surface area contributed by atoms with Crippen LogP contribution in [0.1, 0.15) is 62.3 Å². The van der Waals surface area contributed by atoms with E-state index in [2.05, 4.69) is 0 Å². The predicted octanol–water partition coefficient (Wildman–Crippen LogP) is 2.77. The molecule has 1 aromatic heterocycles. The van der Waals surface area contributed by atoms with Crippen LogP contribution in [0.5, 0.6) is 23.0 Å². The summed E-state index contributed by atoms with van der Waals surface area (Å²) in [5.74, 6) is -7.25. The van der Waals surface area contributed by atoms with Gasteiger partial charge in [0.15, 0.2) is 53.7 Å². The molecule has 0 N–H and O–H groups in total. The van der Waals surface area contributed by atoms with Crippen molar-refractivity contribution in [3.8, 4) is 34.3 Å². The highest BCUT2D eigenvalue weighted by Gasteiger charge is 2.55. The molecule has 2 saturated heterocycles. The summed E-state index contributed by atoms with van der Waals surface area (Å²) >= 11 is 0. The standard InChI is InChI=1S/C44H48O23/c1-18-37(59-21(4)47)39(61-23(6)49)41(63-25(8)51)43(56-18)55-17-35-38(60-22(5)48)40(62-24(7)50)42(64-26(9)52)44(67-35)65-28-14-33(58-20(3)46)36-29(53)16-31(66-34(36)15-28)27-11-12-30(54-10)32(13-27)57-19(2)45/h11-16,18,35,37-44H,17H2,1-10H3/t18-,35?,37+,38+,39+,40?,41+,42+,43+,44+/m0/s1. The van der Waals surface area contributed by atoms with Crippen LogP contribution in [0.3, 0.4) is 0 Å². The van der Waals surface area contributed by atoms with Crippen LogP contribution in [0.4, 0.5) is 0 Å². The first-order valence-corrected chi connectivity index (χ1v) is 20.3. The molecule has 23 nitrogen and oxygen atoms in total. The summed E-state index contributed by atoms with van der Waals surface area (Å²) in [6.45, 7) is 9.33. The van der Waals surface area contributed by atoms with Gasteiger partial charge in [-0.2, -0.15) is 0 Å². The minimum absolute atomic E-state index is 0.00804.